The van der Waals surface area contributed by atoms with Crippen molar-refractivity contribution in [2.75, 3.05) is 0 Å². The maximum Gasteiger partial charge on any atom is 0.187 e. The molecule has 4 saturated carbocycles. The fourth-order valence-electron chi connectivity index (χ4n) is 10.4. The average molecular weight is 732 g/mol. The minimum atomic E-state index is 0.149. The summed E-state index contributed by atoms with van der Waals surface area (Å²) in [6.07, 6.45) is 50.7. The number of Topliss-reactive ketones (excluding diaryl/α,β-unsaturated/α-hetero) is 1. The summed E-state index contributed by atoms with van der Waals surface area (Å²) in [4.78, 5) is 13.6. The number of carbonyl (C=O) groups excluding carboxylic acids is 1. The average Bonchev–Trinajstić information content (AvgIpc) is 3.07. The summed E-state index contributed by atoms with van der Waals surface area (Å²) in [5, 5.41) is 0. The van der Waals surface area contributed by atoms with Crippen LogP contribution in [0.5, 0.6) is 0 Å². The number of hydrogen-bond donors (Lipinski definition) is 0. The molecule has 0 aromatic heterocycles. The molecule has 4 rings (SSSR count). The summed E-state index contributed by atoms with van der Waals surface area (Å²) in [6, 6.07) is 0. The molecule has 0 unspecified atom stereocenters. The number of halogens is 2. The zero-order valence-corrected chi connectivity index (χ0v) is 34.3. The first kappa shape index (κ1) is 42.5. The van der Waals surface area contributed by atoms with Crippen LogP contribution in [0.4, 0.5) is 0 Å². The minimum Gasteiger partial charge on any atom is -0.289 e. The molecule has 0 heterocycles. The molecule has 0 bridgehead atoms. The van der Waals surface area contributed by atoms with E-state index in [-0.39, 0.29) is 5.78 Å². The number of hydrogen-bond acceptors (Lipinski definition) is 1. The summed E-state index contributed by atoms with van der Waals surface area (Å²) in [5.74, 6) is 4.33. The van der Waals surface area contributed by atoms with Crippen molar-refractivity contribution in [1.29, 1.82) is 0 Å². The van der Waals surface area contributed by atoms with Gasteiger partial charge < -0.3 is 0 Å². The largest absolute Gasteiger partial charge is 0.289 e. The van der Waals surface area contributed by atoms with E-state index in [4.69, 9.17) is 23.2 Å². The minimum absolute atomic E-state index is 0.149. The Labute approximate surface area is 321 Å². The molecule has 0 aliphatic heterocycles. The van der Waals surface area contributed by atoms with Gasteiger partial charge in [-0.25, -0.2) is 0 Å². The lowest BCUT2D eigenvalue weighted by Crippen LogP contribution is -2.33. The summed E-state index contributed by atoms with van der Waals surface area (Å²) in [6.45, 7) is 0. The molecule has 0 saturated heterocycles. The third-order valence-corrected chi connectivity index (χ3v) is 14.5. The zero-order chi connectivity index (χ0) is 35.1. The molecule has 4 aliphatic carbocycles. The Hall–Kier alpha value is -0.270. The Morgan fingerprint density at radius 2 is 0.640 bits per heavy atom. The molecule has 0 N–H and O–H groups in total. The van der Waals surface area contributed by atoms with E-state index in [2.05, 4.69) is 0 Å². The molecule has 3 heteroatoms. The van der Waals surface area contributed by atoms with Crippen molar-refractivity contribution >= 4 is 29.0 Å². The third-order valence-electron chi connectivity index (χ3n) is 14.0. The summed E-state index contributed by atoms with van der Waals surface area (Å²) in [7, 11) is 0. The van der Waals surface area contributed by atoms with Gasteiger partial charge >= 0.3 is 0 Å². The van der Waals surface area contributed by atoms with Crippen molar-refractivity contribution in [1.82, 2.24) is 0 Å². The molecule has 1 nitrogen and oxygen atoms in total. The summed E-state index contributed by atoms with van der Waals surface area (Å²) >= 11 is 12.7. The quantitative estimate of drug-likeness (QED) is 0.114. The van der Waals surface area contributed by atoms with Crippen molar-refractivity contribution in [2.45, 2.75) is 231 Å². The topological polar surface area (TPSA) is 17.1 Å². The van der Waals surface area contributed by atoms with Crippen molar-refractivity contribution in [2.24, 2.45) is 35.5 Å². The fraction of sp³-hybridized carbons (Fsp3) is 0.894. The van der Waals surface area contributed by atoms with E-state index in [1.807, 2.05) is 0 Å². The van der Waals surface area contributed by atoms with Crippen LogP contribution in [0, 0.1) is 35.5 Å². The van der Waals surface area contributed by atoms with Gasteiger partial charge in [0.05, 0.1) is 0 Å². The lowest BCUT2D eigenvalue weighted by Gasteiger charge is -2.39. The zero-order valence-electron chi connectivity index (χ0n) is 32.7. The normalized spacial score (nSPS) is 28.3. The van der Waals surface area contributed by atoms with Crippen LogP contribution in [-0.2, 0) is 4.79 Å². The van der Waals surface area contributed by atoms with Crippen LogP contribution in [0.3, 0.4) is 0 Å². The van der Waals surface area contributed by atoms with Gasteiger partial charge in [-0.05, 0) is 61.2 Å². The molecule has 0 amide bonds. The number of ketones is 1. The highest BCUT2D eigenvalue weighted by Crippen LogP contribution is 2.47. The molecule has 0 aromatic rings. The Morgan fingerprint density at radius 3 is 0.920 bits per heavy atom. The van der Waals surface area contributed by atoms with Gasteiger partial charge in [0.15, 0.2) is 5.78 Å². The van der Waals surface area contributed by atoms with E-state index in [1.54, 1.807) is 11.1 Å². The molecular formula is C47H80Cl2O. The second kappa shape index (κ2) is 26.5. The molecule has 0 aromatic carbocycles. The van der Waals surface area contributed by atoms with Crippen LogP contribution in [0.2, 0.25) is 0 Å². The highest BCUT2D eigenvalue weighted by molar-refractivity contribution is 6.31. The Balaban J connectivity index is 1.04. The third kappa shape index (κ3) is 16.4. The molecule has 4 fully saturated rings. The predicted molar refractivity (Wildman–Crippen MR) is 220 cm³/mol. The standard InChI is InChI=1S/C47H80Cl2O/c48-37-45(43-33-41(34-43)31-23-15-21-29-39-25-17-11-7-3-1-4-8-12-18-26-39)47(50)46(38-49)44-35-42(36-44)32-24-16-22-30-40-27-19-13-9-5-2-6-10-14-20-28-40/h37-44H,1-36H2/t41-,42-,43-,44-. The molecular weight excluding hydrogens is 651 g/mol. The monoisotopic (exact) mass is 731 g/mol. The van der Waals surface area contributed by atoms with Crippen molar-refractivity contribution < 1.29 is 4.79 Å². The smallest absolute Gasteiger partial charge is 0.187 e. The molecule has 50 heavy (non-hydrogen) atoms. The van der Waals surface area contributed by atoms with E-state index in [1.165, 1.54) is 205 Å². The van der Waals surface area contributed by atoms with Gasteiger partial charge in [0.2, 0.25) is 0 Å². The molecule has 288 valence electrons. The first-order valence-corrected chi connectivity index (χ1v) is 23.7. The second-order valence-corrected chi connectivity index (χ2v) is 18.5. The molecule has 0 atom stereocenters. The van der Waals surface area contributed by atoms with Crippen LogP contribution in [0.25, 0.3) is 0 Å². The Morgan fingerprint density at radius 1 is 0.380 bits per heavy atom. The van der Waals surface area contributed by atoms with Gasteiger partial charge in [0.25, 0.3) is 0 Å². The number of unbranched alkanes of at least 4 members (excludes halogenated alkanes) is 4. The predicted octanol–water partition coefficient (Wildman–Crippen LogP) is 16.6. The maximum absolute atomic E-state index is 13.6. The van der Waals surface area contributed by atoms with Crippen molar-refractivity contribution in [3.05, 3.63) is 22.2 Å². The van der Waals surface area contributed by atoms with Gasteiger partial charge in [-0.1, -0.05) is 229 Å². The number of allylic oxidation sites excluding steroid dienone is 2. The highest BCUT2D eigenvalue weighted by atomic mass is 35.5. The molecule has 0 radical (unpaired) electrons. The summed E-state index contributed by atoms with van der Waals surface area (Å²) in [5.41, 5.74) is 4.88. The van der Waals surface area contributed by atoms with E-state index < -0.39 is 0 Å². The van der Waals surface area contributed by atoms with E-state index in [0.29, 0.717) is 11.8 Å². The Kier molecular flexibility index (Phi) is 22.5. The SMILES string of the molecule is O=C(C(=CCl)[C@H]1C[C@H](CCCCCC2CCCCCCCCCCC2)C1)C(=CCl)[C@H]1C[C@H](CCCCCC2CCCCCCCCCCC2)C1. The van der Waals surface area contributed by atoms with Crippen molar-refractivity contribution in [3.63, 3.8) is 0 Å². The first-order chi connectivity index (χ1) is 24.7. The van der Waals surface area contributed by atoms with Crippen LogP contribution in [-0.4, -0.2) is 5.78 Å². The molecule has 4 aliphatic rings. The first-order valence-electron chi connectivity index (χ1n) is 22.8. The van der Waals surface area contributed by atoms with E-state index in [9.17, 15) is 4.79 Å². The Bertz CT molecular complexity index is 843. The van der Waals surface area contributed by atoms with Gasteiger partial charge in [-0.2, -0.15) is 0 Å². The fourth-order valence-corrected chi connectivity index (χ4v) is 11.0. The number of rotatable bonds is 16. The lowest BCUT2D eigenvalue weighted by atomic mass is 9.65. The number of carbonyl (C=O) groups is 1. The van der Waals surface area contributed by atoms with Crippen LogP contribution in [0.1, 0.15) is 231 Å². The maximum atomic E-state index is 13.6. The molecule has 0 spiro atoms. The van der Waals surface area contributed by atoms with E-state index in [0.717, 1.165) is 60.5 Å². The van der Waals surface area contributed by atoms with Gasteiger partial charge in [-0.15, -0.1) is 0 Å². The van der Waals surface area contributed by atoms with Crippen LogP contribution < -0.4 is 0 Å². The van der Waals surface area contributed by atoms with Crippen LogP contribution >= 0.6 is 23.2 Å². The van der Waals surface area contributed by atoms with Crippen molar-refractivity contribution in [3.8, 4) is 0 Å². The second-order valence-electron chi connectivity index (χ2n) is 18.1. The highest BCUT2D eigenvalue weighted by Gasteiger charge is 2.39. The van der Waals surface area contributed by atoms with Gasteiger partial charge in [0, 0.05) is 22.2 Å². The summed E-state index contributed by atoms with van der Waals surface area (Å²) < 4.78 is 0. The lowest BCUT2D eigenvalue weighted by molar-refractivity contribution is -0.114. The van der Waals surface area contributed by atoms with E-state index >= 15 is 0 Å². The van der Waals surface area contributed by atoms with Crippen LogP contribution in [0.15, 0.2) is 22.2 Å². The van der Waals surface area contributed by atoms with Gasteiger partial charge in [-0.3, -0.25) is 4.79 Å². The van der Waals surface area contributed by atoms with Gasteiger partial charge in [0.1, 0.15) is 0 Å².